The molecule has 2 aliphatic rings. The number of hydrogen-bond donors (Lipinski definition) is 1. The van der Waals surface area contributed by atoms with Crippen LogP contribution in [0, 0.1) is 5.41 Å². The Morgan fingerprint density at radius 2 is 1.81 bits per heavy atom. The highest BCUT2D eigenvalue weighted by molar-refractivity contribution is 7.99. The van der Waals surface area contributed by atoms with Gasteiger partial charge in [-0.15, -0.1) is 0 Å². The smallest absolute Gasteiger partial charge is 0.0198 e. The van der Waals surface area contributed by atoms with Crippen molar-refractivity contribution in [2.75, 3.05) is 6.26 Å². The van der Waals surface area contributed by atoms with E-state index < -0.39 is 0 Å². The van der Waals surface area contributed by atoms with Crippen LogP contribution in [-0.4, -0.2) is 23.6 Å². The van der Waals surface area contributed by atoms with Gasteiger partial charge in [0.05, 0.1) is 0 Å². The van der Waals surface area contributed by atoms with Crippen molar-refractivity contribution in [1.29, 1.82) is 0 Å². The zero-order chi connectivity index (χ0) is 11.6. The summed E-state index contributed by atoms with van der Waals surface area (Å²) in [6, 6.07) is 1.55. The predicted molar refractivity (Wildman–Crippen MR) is 74.1 cm³/mol. The van der Waals surface area contributed by atoms with E-state index in [4.69, 9.17) is 0 Å². The van der Waals surface area contributed by atoms with Crippen molar-refractivity contribution in [3.8, 4) is 0 Å². The van der Waals surface area contributed by atoms with Gasteiger partial charge < -0.3 is 5.32 Å². The monoisotopic (exact) mass is 241 g/mol. The van der Waals surface area contributed by atoms with Crippen LogP contribution in [0.1, 0.15) is 58.8 Å². The first-order valence-corrected chi connectivity index (χ1v) is 8.21. The average Bonchev–Trinajstić information content (AvgIpc) is 2.59. The van der Waals surface area contributed by atoms with Crippen molar-refractivity contribution >= 4 is 11.8 Å². The summed E-state index contributed by atoms with van der Waals surface area (Å²) in [5, 5.41) is 4.85. The van der Waals surface area contributed by atoms with Gasteiger partial charge >= 0.3 is 0 Å². The van der Waals surface area contributed by atoms with E-state index in [0.29, 0.717) is 5.41 Å². The van der Waals surface area contributed by atoms with Crippen LogP contribution in [0.2, 0.25) is 0 Å². The molecule has 0 bridgehead atoms. The van der Waals surface area contributed by atoms with Crippen molar-refractivity contribution in [1.82, 2.24) is 5.32 Å². The van der Waals surface area contributed by atoms with E-state index in [1.54, 1.807) is 0 Å². The minimum atomic E-state index is 0.528. The topological polar surface area (TPSA) is 12.0 Å². The van der Waals surface area contributed by atoms with Crippen LogP contribution in [-0.2, 0) is 0 Å². The lowest BCUT2D eigenvalue weighted by Crippen LogP contribution is -2.49. The Kier molecular flexibility index (Phi) is 4.23. The summed E-state index contributed by atoms with van der Waals surface area (Å²) in [5.74, 6) is 0. The van der Waals surface area contributed by atoms with E-state index in [-0.39, 0.29) is 0 Å². The molecule has 2 saturated carbocycles. The molecule has 0 saturated heterocycles. The fraction of sp³-hybridized carbons (Fsp3) is 1.00. The molecule has 1 nitrogen and oxygen atoms in total. The van der Waals surface area contributed by atoms with Gasteiger partial charge in [-0.2, -0.15) is 11.8 Å². The van der Waals surface area contributed by atoms with Gasteiger partial charge in [0.15, 0.2) is 0 Å². The van der Waals surface area contributed by atoms with Gasteiger partial charge in [0.1, 0.15) is 0 Å². The summed E-state index contributed by atoms with van der Waals surface area (Å²) < 4.78 is 0. The molecule has 2 fully saturated rings. The summed E-state index contributed by atoms with van der Waals surface area (Å²) in [6.45, 7) is 4.88. The SMILES string of the molecule is CSC1CCCCC1NC1CCCC1(C)C. The fourth-order valence-corrected chi connectivity index (χ4v) is 4.41. The molecule has 2 aliphatic carbocycles. The first-order valence-electron chi connectivity index (χ1n) is 6.92. The van der Waals surface area contributed by atoms with Crippen LogP contribution in [0.3, 0.4) is 0 Å². The summed E-state index contributed by atoms with van der Waals surface area (Å²) in [6.07, 6.45) is 12.2. The lowest BCUT2D eigenvalue weighted by Gasteiger charge is -2.37. The van der Waals surface area contributed by atoms with E-state index >= 15 is 0 Å². The molecule has 0 aromatic rings. The van der Waals surface area contributed by atoms with E-state index in [2.05, 4.69) is 37.2 Å². The highest BCUT2D eigenvalue weighted by Crippen LogP contribution is 2.38. The standard InChI is InChI=1S/C14H27NS/c1-14(2)10-6-9-13(14)15-11-7-4-5-8-12(11)16-3/h11-13,15H,4-10H2,1-3H3. The summed E-state index contributed by atoms with van der Waals surface area (Å²) in [4.78, 5) is 0. The molecule has 3 unspecified atom stereocenters. The molecule has 0 amide bonds. The Hall–Kier alpha value is 0.310. The van der Waals surface area contributed by atoms with Crippen molar-refractivity contribution < 1.29 is 0 Å². The van der Waals surface area contributed by atoms with Crippen LogP contribution in [0.25, 0.3) is 0 Å². The van der Waals surface area contributed by atoms with Gasteiger partial charge in [-0.25, -0.2) is 0 Å². The lowest BCUT2D eigenvalue weighted by molar-refractivity contribution is 0.241. The second-order valence-corrected chi connectivity index (χ2v) is 7.34. The van der Waals surface area contributed by atoms with Gasteiger partial charge in [-0.3, -0.25) is 0 Å². The van der Waals surface area contributed by atoms with Crippen LogP contribution in [0.4, 0.5) is 0 Å². The molecule has 0 aromatic carbocycles. The lowest BCUT2D eigenvalue weighted by atomic mass is 9.85. The molecule has 2 rings (SSSR count). The number of thioether (sulfide) groups is 1. The maximum absolute atomic E-state index is 3.99. The van der Waals surface area contributed by atoms with Crippen molar-refractivity contribution in [3.05, 3.63) is 0 Å². The van der Waals surface area contributed by atoms with Gasteiger partial charge in [0, 0.05) is 17.3 Å². The second-order valence-electron chi connectivity index (χ2n) is 6.27. The highest BCUT2D eigenvalue weighted by atomic mass is 32.2. The van der Waals surface area contributed by atoms with Crippen LogP contribution >= 0.6 is 11.8 Å². The Bertz CT molecular complexity index is 227. The maximum atomic E-state index is 3.99. The Morgan fingerprint density at radius 1 is 1.06 bits per heavy atom. The van der Waals surface area contributed by atoms with Crippen LogP contribution < -0.4 is 5.32 Å². The zero-order valence-electron chi connectivity index (χ0n) is 11.1. The van der Waals surface area contributed by atoms with E-state index in [9.17, 15) is 0 Å². The molecule has 2 heteroatoms. The van der Waals surface area contributed by atoms with Gasteiger partial charge in [0.2, 0.25) is 0 Å². The minimum absolute atomic E-state index is 0.528. The van der Waals surface area contributed by atoms with Crippen LogP contribution in [0.5, 0.6) is 0 Å². The molecule has 0 aliphatic heterocycles. The normalized spacial score (nSPS) is 38.8. The molecule has 0 radical (unpaired) electrons. The molecule has 3 atom stereocenters. The Balaban J connectivity index is 1.92. The van der Waals surface area contributed by atoms with Gasteiger partial charge in [-0.05, 0) is 37.4 Å². The van der Waals surface area contributed by atoms with E-state index in [0.717, 1.165) is 17.3 Å². The average molecular weight is 241 g/mol. The van der Waals surface area contributed by atoms with Crippen molar-refractivity contribution in [2.24, 2.45) is 5.41 Å². The molecular formula is C14H27NS. The van der Waals surface area contributed by atoms with E-state index in [1.807, 2.05) is 0 Å². The Labute approximate surface area is 105 Å². The van der Waals surface area contributed by atoms with Gasteiger partial charge in [-0.1, -0.05) is 33.1 Å². The zero-order valence-corrected chi connectivity index (χ0v) is 11.9. The molecule has 0 spiro atoms. The summed E-state index contributed by atoms with van der Waals surface area (Å²) >= 11 is 2.07. The molecular weight excluding hydrogens is 214 g/mol. The number of rotatable bonds is 3. The Morgan fingerprint density at radius 3 is 2.44 bits per heavy atom. The van der Waals surface area contributed by atoms with E-state index in [1.165, 1.54) is 44.9 Å². The molecule has 16 heavy (non-hydrogen) atoms. The molecule has 0 heterocycles. The number of hydrogen-bond acceptors (Lipinski definition) is 2. The van der Waals surface area contributed by atoms with Crippen molar-refractivity contribution in [3.63, 3.8) is 0 Å². The third-order valence-corrected chi connectivity index (χ3v) is 5.85. The highest BCUT2D eigenvalue weighted by Gasteiger charge is 2.37. The summed E-state index contributed by atoms with van der Waals surface area (Å²) in [5.41, 5.74) is 0.528. The quantitative estimate of drug-likeness (QED) is 0.806. The second kappa shape index (κ2) is 5.30. The summed E-state index contributed by atoms with van der Waals surface area (Å²) in [7, 11) is 0. The largest absolute Gasteiger partial charge is 0.310 e. The minimum Gasteiger partial charge on any atom is -0.310 e. The first-order chi connectivity index (χ1) is 7.63. The third-order valence-electron chi connectivity index (χ3n) is 4.68. The molecule has 0 aromatic heterocycles. The predicted octanol–water partition coefficient (Wildman–Crippen LogP) is 3.83. The molecule has 94 valence electrons. The van der Waals surface area contributed by atoms with Crippen molar-refractivity contribution in [2.45, 2.75) is 76.1 Å². The number of nitrogens with one attached hydrogen (secondary N) is 1. The van der Waals surface area contributed by atoms with Crippen LogP contribution in [0.15, 0.2) is 0 Å². The fourth-order valence-electron chi connectivity index (χ4n) is 3.46. The first kappa shape index (κ1) is 12.8. The third kappa shape index (κ3) is 2.76. The van der Waals surface area contributed by atoms with Gasteiger partial charge in [0.25, 0.3) is 0 Å². The molecule has 1 N–H and O–H groups in total. The maximum Gasteiger partial charge on any atom is 0.0198 e.